The van der Waals surface area contributed by atoms with Gasteiger partial charge in [-0.15, -0.1) is 0 Å². The van der Waals surface area contributed by atoms with Gasteiger partial charge < -0.3 is 15.5 Å². The average Bonchev–Trinajstić information content (AvgIpc) is 2.91. The van der Waals surface area contributed by atoms with Gasteiger partial charge in [0.05, 0.1) is 18.0 Å². The topological polar surface area (TPSA) is 76.8 Å². The van der Waals surface area contributed by atoms with Gasteiger partial charge in [-0.25, -0.2) is 9.37 Å². The van der Waals surface area contributed by atoms with Crippen LogP contribution in [-0.4, -0.2) is 21.6 Å². The van der Waals surface area contributed by atoms with Crippen LogP contribution in [0.1, 0.15) is 12.6 Å². The Kier molecular flexibility index (Phi) is 3.97. The van der Waals surface area contributed by atoms with E-state index in [1.165, 1.54) is 6.07 Å². The number of ether oxygens (including phenoxy) is 1. The molecule has 0 saturated heterocycles. The molecule has 3 N–H and O–H groups in total. The highest BCUT2D eigenvalue weighted by Crippen LogP contribution is 2.33. The third-order valence-electron chi connectivity index (χ3n) is 3.41. The van der Waals surface area contributed by atoms with Crippen LogP contribution in [0.3, 0.4) is 0 Å². The number of nitrogens with zero attached hydrogens (tertiary/aromatic N) is 2. The molecule has 0 radical (unpaired) electrons. The molecule has 6 heteroatoms. The lowest BCUT2D eigenvalue weighted by Gasteiger charge is -2.07. The van der Waals surface area contributed by atoms with Crippen LogP contribution in [0.4, 0.5) is 10.3 Å². The van der Waals surface area contributed by atoms with Gasteiger partial charge in [-0.3, -0.25) is 4.98 Å². The van der Waals surface area contributed by atoms with E-state index in [0.29, 0.717) is 23.6 Å². The zero-order valence-electron chi connectivity index (χ0n) is 12.9. The molecular formula is C17H17FN4O. The molecule has 0 unspecified atom stereocenters. The number of hydrogen-bond donors (Lipinski definition) is 2. The molecule has 0 aliphatic heterocycles. The fourth-order valence-corrected chi connectivity index (χ4v) is 2.43. The normalized spacial score (nSPS) is 10.7. The summed E-state index contributed by atoms with van der Waals surface area (Å²) in [6, 6.07) is 8.54. The van der Waals surface area contributed by atoms with Crippen LogP contribution in [0, 0.1) is 12.7 Å². The molecule has 3 aromatic rings. The van der Waals surface area contributed by atoms with Gasteiger partial charge in [0, 0.05) is 23.0 Å². The fraction of sp³-hybridized carbons (Fsp3) is 0.176. The molecule has 2 heterocycles. The summed E-state index contributed by atoms with van der Waals surface area (Å²) in [6.07, 6.45) is 1.71. The van der Waals surface area contributed by atoms with Crippen molar-refractivity contribution < 1.29 is 9.13 Å². The minimum atomic E-state index is -0.422. The molecule has 0 spiro atoms. The first-order valence-electron chi connectivity index (χ1n) is 7.29. The van der Waals surface area contributed by atoms with Gasteiger partial charge in [0.15, 0.2) is 17.5 Å². The second-order valence-electron chi connectivity index (χ2n) is 5.11. The SMILES string of the molecule is CCOc1ccc(-c2[nH]c(N)nc2-c2ccnc(C)c2)cc1F. The van der Waals surface area contributed by atoms with Crippen LogP contribution >= 0.6 is 0 Å². The van der Waals surface area contributed by atoms with Gasteiger partial charge in [0.25, 0.3) is 0 Å². The third-order valence-corrected chi connectivity index (χ3v) is 3.41. The number of aryl methyl sites for hydroxylation is 1. The van der Waals surface area contributed by atoms with Gasteiger partial charge in [-0.05, 0) is 44.2 Å². The molecular weight excluding hydrogens is 295 g/mol. The third kappa shape index (κ3) is 3.01. The van der Waals surface area contributed by atoms with Crippen LogP contribution in [-0.2, 0) is 0 Å². The van der Waals surface area contributed by atoms with Crippen molar-refractivity contribution in [3.8, 4) is 28.3 Å². The average molecular weight is 312 g/mol. The van der Waals surface area contributed by atoms with Crippen molar-refractivity contribution in [3.05, 3.63) is 48.0 Å². The standard InChI is InChI=1S/C17H17FN4O/c1-3-23-14-5-4-11(9-13(14)18)15-16(22-17(19)21-15)12-6-7-20-10(2)8-12/h4-9H,3H2,1-2H3,(H3,19,21,22). The highest BCUT2D eigenvalue weighted by Gasteiger charge is 2.15. The Morgan fingerprint density at radius 2 is 2.04 bits per heavy atom. The Morgan fingerprint density at radius 1 is 1.22 bits per heavy atom. The Labute approximate surface area is 133 Å². The van der Waals surface area contributed by atoms with Crippen LogP contribution in [0.15, 0.2) is 36.5 Å². The second-order valence-corrected chi connectivity index (χ2v) is 5.11. The minimum Gasteiger partial charge on any atom is -0.491 e. The Morgan fingerprint density at radius 3 is 2.74 bits per heavy atom. The highest BCUT2D eigenvalue weighted by atomic mass is 19.1. The van der Waals surface area contributed by atoms with Gasteiger partial charge in [0.1, 0.15) is 0 Å². The molecule has 0 aliphatic carbocycles. The van der Waals surface area contributed by atoms with E-state index in [4.69, 9.17) is 10.5 Å². The van der Waals surface area contributed by atoms with E-state index in [-0.39, 0.29) is 11.7 Å². The molecule has 0 aliphatic rings. The van der Waals surface area contributed by atoms with E-state index >= 15 is 0 Å². The van der Waals surface area contributed by atoms with Crippen molar-refractivity contribution in [2.75, 3.05) is 12.3 Å². The molecule has 0 bridgehead atoms. The molecule has 1 aromatic carbocycles. The van der Waals surface area contributed by atoms with Crippen LogP contribution in [0.2, 0.25) is 0 Å². The number of nitrogens with two attached hydrogens (primary N) is 1. The molecule has 0 saturated carbocycles. The number of pyridine rings is 1. The maximum absolute atomic E-state index is 14.1. The number of halogens is 1. The van der Waals surface area contributed by atoms with Crippen molar-refractivity contribution >= 4 is 5.95 Å². The number of anilines is 1. The van der Waals surface area contributed by atoms with Crippen molar-refractivity contribution in [2.45, 2.75) is 13.8 Å². The van der Waals surface area contributed by atoms with E-state index in [1.54, 1.807) is 18.3 Å². The number of hydrogen-bond acceptors (Lipinski definition) is 4. The Balaban J connectivity index is 2.09. The van der Waals surface area contributed by atoms with E-state index < -0.39 is 5.82 Å². The summed E-state index contributed by atoms with van der Waals surface area (Å²) in [5.74, 6) is 0.0816. The number of H-pyrrole nitrogens is 1. The molecule has 0 atom stereocenters. The number of nitrogen functional groups attached to an aromatic ring is 1. The van der Waals surface area contributed by atoms with E-state index in [2.05, 4.69) is 15.0 Å². The van der Waals surface area contributed by atoms with Gasteiger partial charge in [-0.1, -0.05) is 0 Å². The smallest absolute Gasteiger partial charge is 0.198 e. The second kappa shape index (κ2) is 6.08. The van der Waals surface area contributed by atoms with E-state index in [0.717, 1.165) is 11.3 Å². The maximum Gasteiger partial charge on any atom is 0.198 e. The van der Waals surface area contributed by atoms with Crippen molar-refractivity contribution in [1.82, 2.24) is 15.0 Å². The monoisotopic (exact) mass is 312 g/mol. The van der Waals surface area contributed by atoms with Gasteiger partial charge in [-0.2, -0.15) is 0 Å². The summed E-state index contributed by atoms with van der Waals surface area (Å²) in [5, 5.41) is 0. The summed E-state index contributed by atoms with van der Waals surface area (Å²) in [7, 11) is 0. The fourth-order valence-electron chi connectivity index (χ4n) is 2.43. The van der Waals surface area contributed by atoms with Crippen molar-refractivity contribution in [1.29, 1.82) is 0 Å². The number of nitrogens with one attached hydrogen (secondary N) is 1. The maximum atomic E-state index is 14.1. The summed E-state index contributed by atoms with van der Waals surface area (Å²) in [4.78, 5) is 11.5. The lowest BCUT2D eigenvalue weighted by molar-refractivity contribution is 0.321. The number of aromatic nitrogens is 3. The lowest BCUT2D eigenvalue weighted by Crippen LogP contribution is -1.95. The lowest BCUT2D eigenvalue weighted by atomic mass is 10.0. The first-order chi connectivity index (χ1) is 11.1. The Bertz CT molecular complexity index is 844. The number of rotatable bonds is 4. The zero-order valence-corrected chi connectivity index (χ0v) is 12.9. The summed E-state index contributed by atoms with van der Waals surface area (Å²) in [6.45, 7) is 4.12. The minimum absolute atomic E-state index is 0.227. The first kappa shape index (κ1) is 15.0. The number of benzene rings is 1. The number of aromatic amines is 1. The van der Waals surface area contributed by atoms with Gasteiger partial charge >= 0.3 is 0 Å². The largest absolute Gasteiger partial charge is 0.491 e. The number of imidazole rings is 1. The first-order valence-corrected chi connectivity index (χ1v) is 7.29. The van der Waals surface area contributed by atoms with Crippen LogP contribution in [0.5, 0.6) is 5.75 Å². The van der Waals surface area contributed by atoms with E-state index in [1.807, 2.05) is 26.0 Å². The summed E-state index contributed by atoms with van der Waals surface area (Å²) < 4.78 is 19.4. The quantitative estimate of drug-likeness (QED) is 0.772. The predicted molar refractivity (Wildman–Crippen MR) is 87.5 cm³/mol. The van der Waals surface area contributed by atoms with E-state index in [9.17, 15) is 4.39 Å². The zero-order chi connectivity index (χ0) is 16.4. The molecule has 3 rings (SSSR count). The molecule has 2 aromatic heterocycles. The summed E-state index contributed by atoms with van der Waals surface area (Å²) in [5.41, 5.74) is 9.52. The van der Waals surface area contributed by atoms with Crippen LogP contribution < -0.4 is 10.5 Å². The molecule has 0 amide bonds. The predicted octanol–water partition coefficient (Wildman–Crippen LogP) is 3.57. The Hall–Kier alpha value is -2.89. The van der Waals surface area contributed by atoms with Gasteiger partial charge in [0.2, 0.25) is 0 Å². The summed E-state index contributed by atoms with van der Waals surface area (Å²) >= 11 is 0. The van der Waals surface area contributed by atoms with Crippen molar-refractivity contribution in [3.63, 3.8) is 0 Å². The van der Waals surface area contributed by atoms with Crippen molar-refractivity contribution in [2.24, 2.45) is 0 Å². The highest BCUT2D eigenvalue weighted by molar-refractivity contribution is 5.80. The molecule has 0 fully saturated rings. The molecule has 23 heavy (non-hydrogen) atoms. The molecule has 5 nitrogen and oxygen atoms in total. The molecule has 118 valence electrons. The van der Waals surface area contributed by atoms with Crippen LogP contribution in [0.25, 0.3) is 22.5 Å².